The number of nitrogens with zero attached hydrogens (tertiary/aromatic N) is 1. The van der Waals surface area contributed by atoms with E-state index in [1.54, 1.807) is 7.05 Å². The molecule has 1 aromatic carbocycles. The Kier molecular flexibility index (Phi) is 4.95. The zero-order chi connectivity index (χ0) is 15.8. The van der Waals surface area contributed by atoms with Gasteiger partial charge >= 0.3 is 0 Å². The maximum Gasteiger partial charge on any atom is 0.245 e. The molecule has 0 amide bonds. The first-order chi connectivity index (χ1) is 9.75. The monoisotopic (exact) mass is 378 g/mol. The lowest BCUT2D eigenvalue weighted by Gasteiger charge is -2.35. The van der Waals surface area contributed by atoms with E-state index >= 15 is 0 Å². The number of benzene rings is 1. The molecule has 1 fully saturated rings. The third-order valence-corrected chi connectivity index (χ3v) is 6.79. The fraction of sp³-hybridized carbons (Fsp3) is 0.571. The summed E-state index contributed by atoms with van der Waals surface area (Å²) in [7, 11) is -2.15. The topological polar surface area (TPSA) is 63.4 Å². The summed E-state index contributed by atoms with van der Waals surface area (Å²) in [6, 6.07) is 2.24. The summed E-state index contributed by atoms with van der Waals surface area (Å²) in [5.74, 6) is -0.260. The summed E-state index contributed by atoms with van der Waals surface area (Å²) in [5.41, 5.74) is 5.65. The lowest BCUT2D eigenvalue weighted by Crippen LogP contribution is -2.42. The summed E-state index contributed by atoms with van der Waals surface area (Å²) < 4.78 is 40.5. The predicted molar refractivity (Wildman–Crippen MR) is 84.9 cm³/mol. The van der Waals surface area contributed by atoms with Gasteiger partial charge in [-0.25, -0.2) is 12.8 Å². The van der Waals surface area contributed by atoms with Gasteiger partial charge in [0.05, 0.1) is 10.2 Å². The third-order valence-electron chi connectivity index (χ3n) is 4.24. The van der Waals surface area contributed by atoms with Crippen molar-refractivity contribution in [1.82, 2.24) is 4.31 Å². The van der Waals surface area contributed by atoms with Gasteiger partial charge in [0.15, 0.2) is 0 Å². The lowest BCUT2D eigenvalue weighted by molar-refractivity contribution is 0.213. The van der Waals surface area contributed by atoms with E-state index in [4.69, 9.17) is 5.73 Å². The van der Waals surface area contributed by atoms with Gasteiger partial charge in [0, 0.05) is 13.1 Å². The highest BCUT2D eigenvalue weighted by Gasteiger charge is 2.34. The molecule has 0 aliphatic heterocycles. The van der Waals surface area contributed by atoms with Crippen molar-refractivity contribution >= 4 is 31.6 Å². The van der Waals surface area contributed by atoms with E-state index in [1.165, 1.54) is 10.4 Å². The number of halogens is 2. The Labute approximate surface area is 133 Å². The molecule has 2 unspecified atom stereocenters. The molecule has 2 rings (SSSR count). The number of nitrogens with two attached hydrogens (primary N) is 1. The van der Waals surface area contributed by atoms with Crippen molar-refractivity contribution in [1.29, 1.82) is 0 Å². The van der Waals surface area contributed by atoms with Crippen LogP contribution in [0.1, 0.15) is 32.6 Å². The number of rotatable bonds is 3. The highest BCUT2D eigenvalue weighted by atomic mass is 79.9. The van der Waals surface area contributed by atoms with Gasteiger partial charge in [-0.15, -0.1) is 0 Å². The van der Waals surface area contributed by atoms with Crippen LogP contribution in [-0.2, 0) is 10.0 Å². The standard InChI is InChI=1S/C14H20BrFN2O2S/c1-9-5-3-4-6-13(9)18(2)21(19,20)14-7-10(15)11(16)8-12(14)17/h7-9,13H,3-6,17H2,1-2H3. The van der Waals surface area contributed by atoms with Gasteiger partial charge in [-0.3, -0.25) is 0 Å². The van der Waals surface area contributed by atoms with E-state index in [0.29, 0.717) is 5.92 Å². The van der Waals surface area contributed by atoms with Crippen LogP contribution in [0.4, 0.5) is 10.1 Å². The molecule has 0 aromatic heterocycles. The Hall–Kier alpha value is -0.660. The molecule has 0 saturated heterocycles. The van der Waals surface area contributed by atoms with Crippen molar-refractivity contribution < 1.29 is 12.8 Å². The fourth-order valence-corrected chi connectivity index (χ4v) is 5.04. The normalized spacial score (nSPS) is 23.5. The van der Waals surface area contributed by atoms with Crippen molar-refractivity contribution in [2.45, 2.75) is 43.5 Å². The van der Waals surface area contributed by atoms with E-state index in [-0.39, 0.29) is 21.1 Å². The second-order valence-corrected chi connectivity index (χ2v) is 8.47. The van der Waals surface area contributed by atoms with Gasteiger partial charge < -0.3 is 5.73 Å². The van der Waals surface area contributed by atoms with Crippen molar-refractivity contribution in [3.63, 3.8) is 0 Å². The van der Waals surface area contributed by atoms with Crippen LogP contribution >= 0.6 is 15.9 Å². The zero-order valence-electron chi connectivity index (χ0n) is 12.1. The molecule has 7 heteroatoms. The molecule has 1 saturated carbocycles. The number of sulfonamides is 1. The first-order valence-corrected chi connectivity index (χ1v) is 9.21. The van der Waals surface area contributed by atoms with Gasteiger partial charge in [-0.05, 0) is 46.8 Å². The highest BCUT2D eigenvalue weighted by molar-refractivity contribution is 9.10. The summed E-state index contributed by atoms with van der Waals surface area (Å²) in [6.07, 6.45) is 4.03. The zero-order valence-corrected chi connectivity index (χ0v) is 14.5. The highest BCUT2D eigenvalue weighted by Crippen LogP contribution is 2.33. The van der Waals surface area contributed by atoms with Crippen LogP contribution in [0.15, 0.2) is 21.5 Å². The summed E-state index contributed by atoms with van der Waals surface area (Å²) in [5, 5.41) is 0. The Morgan fingerprint density at radius 3 is 2.57 bits per heavy atom. The minimum Gasteiger partial charge on any atom is -0.398 e. The maximum atomic E-state index is 13.4. The smallest absolute Gasteiger partial charge is 0.245 e. The molecule has 118 valence electrons. The summed E-state index contributed by atoms with van der Waals surface area (Å²) in [6.45, 7) is 2.07. The average molecular weight is 379 g/mol. The summed E-state index contributed by atoms with van der Waals surface area (Å²) >= 11 is 3.02. The molecule has 21 heavy (non-hydrogen) atoms. The van der Waals surface area contributed by atoms with Crippen LogP contribution in [0.3, 0.4) is 0 Å². The van der Waals surface area contributed by atoms with E-state index in [9.17, 15) is 12.8 Å². The predicted octanol–water partition coefficient (Wildman–Crippen LogP) is 3.37. The summed E-state index contributed by atoms with van der Waals surface area (Å²) in [4.78, 5) is -0.0453. The van der Waals surface area contributed by atoms with Gasteiger partial charge in [-0.2, -0.15) is 4.31 Å². The van der Waals surface area contributed by atoms with Crippen molar-refractivity contribution in [3.05, 3.63) is 22.4 Å². The number of anilines is 1. The van der Waals surface area contributed by atoms with Crippen molar-refractivity contribution in [2.24, 2.45) is 5.92 Å². The van der Waals surface area contributed by atoms with Gasteiger partial charge in [0.25, 0.3) is 0 Å². The number of hydrogen-bond acceptors (Lipinski definition) is 3. The molecule has 4 nitrogen and oxygen atoms in total. The van der Waals surface area contributed by atoms with Crippen LogP contribution in [0.25, 0.3) is 0 Å². The molecule has 0 heterocycles. The van der Waals surface area contributed by atoms with Crippen LogP contribution < -0.4 is 5.73 Å². The Morgan fingerprint density at radius 2 is 1.95 bits per heavy atom. The van der Waals surface area contributed by atoms with E-state index in [2.05, 4.69) is 22.9 Å². The quantitative estimate of drug-likeness (QED) is 0.819. The first-order valence-electron chi connectivity index (χ1n) is 6.97. The molecule has 0 bridgehead atoms. The van der Waals surface area contributed by atoms with E-state index in [0.717, 1.165) is 31.7 Å². The van der Waals surface area contributed by atoms with Crippen LogP contribution in [-0.4, -0.2) is 25.8 Å². The first kappa shape index (κ1) is 16.7. The van der Waals surface area contributed by atoms with Gasteiger partial charge in [0.2, 0.25) is 10.0 Å². The van der Waals surface area contributed by atoms with Gasteiger partial charge in [-0.1, -0.05) is 19.8 Å². The Balaban J connectivity index is 2.39. The van der Waals surface area contributed by atoms with Crippen molar-refractivity contribution in [2.75, 3.05) is 12.8 Å². The molecule has 2 N–H and O–H groups in total. The SMILES string of the molecule is CC1CCCCC1N(C)S(=O)(=O)c1cc(Br)c(F)cc1N. The second kappa shape index (κ2) is 6.22. The molecule has 0 radical (unpaired) electrons. The van der Waals surface area contributed by atoms with Crippen molar-refractivity contribution in [3.8, 4) is 0 Å². The molecular weight excluding hydrogens is 359 g/mol. The average Bonchev–Trinajstić information content (AvgIpc) is 2.42. The molecule has 0 spiro atoms. The lowest BCUT2D eigenvalue weighted by atomic mass is 9.86. The minimum absolute atomic E-state index is 0.0352. The maximum absolute atomic E-state index is 13.4. The Morgan fingerprint density at radius 1 is 1.33 bits per heavy atom. The largest absolute Gasteiger partial charge is 0.398 e. The van der Waals surface area contributed by atoms with E-state index < -0.39 is 15.8 Å². The molecular formula is C14H20BrFN2O2S. The van der Waals surface area contributed by atoms with Crippen LogP contribution in [0.5, 0.6) is 0 Å². The minimum atomic E-state index is -3.73. The molecule has 1 aromatic rings. The van der Waals surface area contributed by atoms with Crippen LogP contribution in [0.2, 0.25) is 0 Å². The number of hydrogen-bond donors (Lipinski definition) is 1. The second-order valence-electron chi connectivity index (χ2n) is 5.65. The fourth-order valence-electron chi connectivity index (χ4n) is 2.94. The van der Waals surface area contributed by atoms with Gasteiger partial charge in [0.1, 0.15) is 10.7 Å². The Bertz CT molecular complexity index is 636. The molecule has 1 aliphatic carbocycles. The third kappa shape index (κ3) is 3.24. The van der Waals surface area contributed by atoms with E-state index in [1.807, 2.05) is 0 Å². The molecule has 1 aliphatic rings. The molecule has 2 atom stereocenters. The van der Waals surface area contributed by atoms with Crippen LogP contribution in [0, 0.1) is 11.7 Å². The number of nitrogen functional groups attached to an aromatic ring is 1.